The third-order valence-corrected chi connectivity index (χ3v) is 10.6. The highest BCUT2D eigenvalue weighted by molar-refractivity contribution is 5.77. The Morgan fingerprint density at radius 2 is 1.00 bits per heavy atom. The van der Waals surface area contributed by atoms with Gasteiger partial charge in [0.2, 0.25) is 5.91 Å². The predicted molar refractivity (Wildman–Crippen MR) is 250 cm³/mol. The lowest BCUT2D eigenvalue weighted by Crippen LogP contribution is -2.46. The van der Waals surface area contributed by atoms with E-state index in [2.05, 4.69) is 99.0 Å². The molecule has 1 amide bonds. The molecule has 3 N–H and O–H groups in total. The highest BCUT2D eigenvalue weighted by Crippen LogP contribution is 2.17. The number of hydrogen-bond donors (Lipinski definition) is 3. The molecule has 3 atom stereocenters. The van der Waals surface area contributed by atoms with Crippen LogP contribution in [0.2, 0.25) is 0 Å². The number of aliphatic hydroxyl groups excluding tert-OH is 2. The Morgan fingerprint density at radius 1 is 0.534 bits per heavy atom. The van der Waals surface area contributed by atoms with E-state index in [1.54, 1.807) is 0 Å². The van der Waals surface area contributed by atoms with E-state index in [9.17, 15) is 19.8 Å². The van der Waals surface area contributed by atoms with Crippen molar-refractivity contribution in [2.24, 2.45) is 0 Å². The van der Waals surface area contributed by atoms with Gasteiger partial charge in [-0.05, 0) is 83.5 Å². The number of ether oxygens (including phenoxy) is 1. The molecule has 0 fully saturated rings. The molecule has 0 aromatic rings. The summed E-state index contributed by atoms with van der Waals surface area (Å²) >= 11 is 0. The van der Waals surface area contributed by atoms with Crippen LogP contribution in [-0.2, 0) is 14.3 Å². The van der Waals surface area contributed by atoms with E-state index in [1.807, 2.05) is 0 Å². The maximum atomic E-state index is 13.1. The molecule has 0 aromatic carbocycles. The van der Waals surface area contributed by atoms with Crippen molar-refractivity contribution in [3.8, 4) is 0 Å². The standard InChI is InChI=1S/C52H91NO5/c1-4-7-10-13-16-19-21-23-25-27-29-32-34-37-40-43-48(46-51(56)53-49(47-54)50(55)44-41-38-35-31-18-15-12-9-6-3)58-52(57)45-42-39-36-33-30-28-26-24-22-20-17-14-11-8-5-2/h8,11,14,16-17,19-20,22-23,25,29,32,48-50,54-55H,4-7,9-10,12-13,15,18,21,24,26-28,30-31,33-47H2,1-3H3,(H,53,56)/b11-8+,17-14+,19-16-,22-20+,25-23-,32-29-. The predicted octanol–water partition coefficient (Wildman–Crippen LogP) is 14.2. The number of carbonyl (C=O) groups is 2. The topological polar surface area (TPSA) is 95.9 Å². The molecule has 0 heterocycles. The van der Waals surface area contributed by atoms with Crippen LogP contribution >= 0.6 is 0 Å². The van der Waals surface area contributed by atoms with E-state index in [0.717, 1.165) is 83.5 Å². The fourth-order valence-electron chi connectivity index (χ4n) is 6.91. The summed E-state index contributed by atoms with van der Waals surface area (Å²) in [4.78, 5) is 26.0. The summed E-state index contributed by atoms with van der Waals surface area (Å²) < 4.78 is 5.90. The largest absolute Gasteiger partial charge is 0.462 e. The summed E-state index contributed by atoms with van der Waals surface area (Å²) in [5.41, 5.74) is 0. The van der Waals surface area contributed by atoms with E-state index in [1.165, 1.54) is 89.9 Å². The Hall–Kier alpha value is -2.70. The number of amides is 1. The first-order valence-electron chi connectivity index (χ1n) is 24.2. The second-order valence-electron chi connectivity index (χ2n) is 16.2. The quantitative estimate of drug-likeness (QED) is 0.0247. The van der Waals surface area contributed by atoms with Crippen molar-refractivity contribution in [1.29, 1.82) is 0 Å². The minimum atomic E-state index is -0.801. The van der Waals surface area contributed by atoms with Crippen LogP contribution < -0.4 is 5.32 Å². The van der Waals surface area contributed by atoms with Crippen LogP contribution in [0, 0.1) is 0 Å². The van der Waals surface area contributed by atoms with Crippen LogP contribution in [0.1, 0.15) is 220 Å². The maximum Gasteiger partial charge on any atom is 0.306 e. The highest BCUT2D eigenvalue weighted by Gasteiger charge is 2.24. The van der Waals surface area contributed by atoms with Gasteiger partial charge in [0.25, 0.3) is 0 Å². The van der Waals surface area contributed by atoms with Gasteiger partial charge in [0.1, 0.15) is 6.10 Å². The molecule has 0 aliphatic carbocycles. The zero-order valence-corrected chi connectivity index (χ0v) is 37.9. The molecule has 0 saturated heterocycles. The molecule has 0 bridgehead atoms. The molecule has 6 heteroatoms. The molecule has 0 radical (unpaired) electrons. The molecule has 334 valence electrons. The average Bonchev–Trinajstić information content (AvgIpc) is 3.22. The Bertz CT molecular complexity index is 1090. The van der Waals surface area contributed by atoms with Gasteiger partial charge >= 0.3 is 5.97 Å². The van der Waals surface area contributed by atoms with Crippen LogP contribution in [-0.4, -0.2) is 46.9 Å². The van der Waals surface area contributed by atoms with Crippen LogP contribution in [0.3, 0.4) is 0 Å². The fourth-order valence-corrected chi connectivity index (χ4v) is 6.91. The molecule has 58 heavy (non-hydrogen) atoms. The smallest absolute Gasteiger partial charge is 0.306 e. The summed E-state index contributed by atoms with van der Waals surface area (Å²) in [5.74, 6) is -0.531. The maximum absolute atomic E-state index is 13.1. The molecule has 0 aliphatic rings. The average molecular weight is 810 g/mol. The molecule has 0 rings (SSSR count). The number of hydrogen-bond acceptors (Lipinski definition) is 5. The second kappa shape index (κ2) is 45.4. The van der Waals surface area contributed by atoms with Crippen LogP contribution in [0.15, 0.2) is 72.9 Å². The van der Waals surface area contributed by atoms with Crippen molar-refractivity contribution in [2.75, 3.05) is 6.61 Å². The lowest BCUT2D eigenvalue weighted by atomic mass is 10.0. The summed E-state index contributed by atoms with van der Waals surface area (Å²) in [7, 11) is 0. The van der Waals surface area contributed by atoms with E-state index in [0.29, 0.717) is 19.3 Å². The van der Waals surface area contributed by atoms with Crippen molar-refractivity contribution in [3.05, 3.63) is 72.9 Å². The third-order valence-electron chi connectivity index (χ3n) is 10.6. The molecule has 3 unspecified atom stereocenters. The number of aliphatic hydroxyl groups is 2. The Morgan fingerprint density at radius 3 is 1.60 bits per heavy atom. The zero-order valence-electron chi connectivity index (χ0n) is 37.9. The number of nitrogens with one attached hydrogen (secondary N) is 1. The van der Waals surface area contributed by atoms with Crippen molar-refractivity contribution in [1.82, 2.24) is 5.32 Å². The van der Waals surface area contributed by atoms with Crippen molar-refractivity contribution in [2.45, 2.75) is 238 Å². The van der Waals surface area contributed by atoms with Gasteiger partial charge in [-0.2, -0.15) is 0 Å². The SMILES string of the molecule is CC/C=C/C=C/C=C/CCCCCCCCCC(=O)OC(CCCC/C=C\C/C=C\C/C=C\CCCCC)CC(=O)NC(CO)C(O)CCCCCCCCCCC. The van der Waals surface area contributed by atoms with Crippen molar-refractivity contribution in [3.63, 3.8) is 0 Å². The van der Waals surface area contributed by atoms with Gasteiger partial charge < -0.3 is 20.3 Å². The molecule has 0 aromatic heterocycles. The van der Waals surface area contributed by atoms with Gasteiger partial charge in [-0.15, -0.1) is 0 Å². The van der Waals surface area contributed by atoms with Crippen molar-refractivity contribution >= 4 is 11.9 Å². The molecule has 0 aliphatic heterocycles. The third kappa shape index (κ3) is 40.1. The Kier molecular flexibility index (Phi) is 43.3. The highest BCUT2D eigenvalue weighted by atomic mass is 16.5. The summed E-state index contributed by atoms with van der Waals surface area (Å²) in [6.07, 6.45) is 56.7. The molecule has 0 spiro atoms. The summed E-state index contributed by atoms with van der Waals surface area (Å²) in [6, 6.07) is -0.717. The van der Waals surface area contributed by atoms with E-state index in [-0.39, 0.29) is 24.9 Å². The lowest BCUT2D eigenvalue weighted by Gasteiger charge is -2.24. The Balaban J connectivity index is 4.70. The molecular formula is C52H91NO5. The Labute approximate surface area is 358 Å². The molecular weight excluding hydrogens is 719 g/mol. The summed E-state index contributed by atoms with van der Waals surface area (Å²) in [5, 5.41) is 23.6. The molecule has 0 saturated carbocycles. The van der Waals surface area contributed by atoms with Crippen LogP contribution in [0.5, 0.6) is 0 Å². The number of allylic oxidation sites excluding steroid dienone is 12. The van der Waals surface area contributed by atoms with Gasteiger partial charge in [-0.3, -0.25) is 9.59 Å². The van der Waals surface area contributed by atoms with Gasteiger partial charge in [0.05, 0.1) is 25.2 Å². The minimum absolute atomic E-state index is 0.0437. The summed E-state index contributed by atoms with van der Waals surface area (Å²) in [6.45, 7) is 6.28. The van der Waals surface area contributed by atoms with E-state index >= 15 is 0 Å². The van der Waals surface area contributed by atoms with E-state index in [4.69, 9.17) is 4.74 Å². The van der Waals surface area contributed by atoms with Crippen molar-refractivity contribution < 1.29 is 24.5 Å². The lowest BCUT2D eigenvalue weighted by molar-refractivity contribution is -0.151. The molecule has 6 nitrogen and oxygen atoms in total. The van der Waals surface area contributed by atoms with Gasteiger partial charge in [0.15, 0.2) is 0 Å². The number of esters is 1. The van der Waals surface area contributed by atoms with E-state index < -0.39 is 18.2 Å². The van der Waals surface area contributed by atoms with Gasteiger partial charge in [-0.1, -0.05) is 196 Å². The van der Waals surface area contributed by atoms with Gasteiger partial charge in [-0.25, -0.2) is 0 Å². The monoisotopic (exact) mass is 810 g/mol. The second-order valence-corrected chi connectivity index (χ2v) is 16.2. The fraction of sp³-hybridized carbons (Fsp3) is 0.731. The first-order chi connectivity index (χ1) is 28.5. The number of carbonyl (C=O) groups excluding carboxylic acids is 2. The van der Waals surface area contributed by atoms with Gasteiger partial charge in [0, 0.05) is 6.42 Å². The minimum Gasteiger partial charge on any atom is -0.462 e. The number of unbranched alkanes of at least 4 members (excludes halogenated alkanes) is 20. The first-order valence-corrected chi connectivity index (χ1v) is 24.2. The zero-order chi connectivity index (χ0) is 42.4. The normalized spacial score (nSPS) is 13.9. The number of rotatable bonds is 42. The van der Waals surface area contributed by atoms with Crippen LogP contribution in [0.25, 0.3) is 0 Å². The van der Waals surface area contributed by atoms with Crippen LogP contribution in [0.4, 0.5) is 0 Å². The first kappa shape index (κ1) is 55.3.